The third-order valence-corrected chi connectivity index (χ3v) is 2.73. The lowest BCUT2D eigenvalue weighted by atomic mass is 9.94. The van der Waals surface area contributed by atoms with E-state index in [1.54, 1.807) is 0 Å². The summed E-state index contributed by atoms with van der Waals surface area (Å²) in [6.45, 7) is 4.55. The first-order valence-corrected chi connectivity index (χ1v) is 5.30. The zero-order valence-corrected chi connectivity index (χ0v) is 9.54. The zero-order chi connectivity index (χ0) is 11.8. The van der Waals surface area contributed by atoms with Crippen LogP contribution in [0.1, 0.15) is 19.4 Å². The highest BCUT2D eigenvalue weighted by Crippen LogP contribution is 2.32. The minimum absolute atomic E-state index is 0.0274. The first-order valence-electron chi connectivity index (χ1n) is 5.30. The number of hydrogen-bond acceptors (Lipinski definition) is 3. The average Bonchev–Trinajstić information content (AvgIpc) is 2.36. The van der Waals surface area contributed by atoms with Crippen molar-refractivity contribution in [2.24, 2.45) is 11.1 Å². The van der Waals surface area contributed by atoms with E-state index in [-0.39, 0.29) is 5.91 Å². The molecule has 16 heavy (non-hydrogen) atoms. The highest BCUT2D eigenvalue weighted by molar-refractivity contribution is 5.97. The number of rotatable bonds is 1. The normalized spacial score (nSPS) is 18.1. The summed E-state index contributed by atoms with van der Waals surface area (Å²) in [5.74, 6) is 0.677. The second-order valence-corrected chi connectivity index (χ2v) is 4.66. The number of carbonyl (C=O) groups is 1. The van der Waals surface area contributed by atoms with Crippen LogP contribution in [0, 0.1) is 5.41 Å². The summed E-state index contributed by atoms with van der Waals surface area (Å²) in [5.41, 5.74) is 6.73. The molecule has 0 aromatic heterocycles. The minimum Gasteiger partial charge on any atom is -0.490 e. The van der Waals surface area contributed by atoms with Gasteiger partial charge >= 0.3 is 0 Å². The topological polar surface area (TPSA) is 64.3 Å². The maximum Gasteiger partial charge on any atom is 0.233 e. The van der Waals surface area contributed by atoms with Gasteiger partial charge in [0, 0.05) is 6.54 Å². The van der Waals surface area contributed by atoms with Crippen LogP contribution in [-0.4, -0.2) is 12.5 Å². The quantitative estimate of drug-likeness (QED) is 0.753. The first kappa shape index (κ1) is 11.0. The van der Waals surface area contributed by atoms with Gasteiger partial charge in [0.2, 0.25) is 5.91 Å². The van der Waals surface area contributed by atoms with E-state index in [9.17, 15) is 4.79 Å². The molecule has 3 N–H and O–H groups in total. The van der Waals surface area contributed by atoms with Crippen LogP contribution in [0.3, 0.4) is 0 Å². The fourth-order valence-corrected chi connectivity index (χ4v) is 1.54. The number of fused-ring (bicyclic) bond motifs is 1. The first-order chi connectivity index (χ1) is 7.53. The van der Waals surface area contributed by atoms with Crippen LogP contribution in [0.25, 0.3) is 0 Å². The summed E-state index contributed by atoms with van der Waals surface area (Å²) in [4.78, 5) is 11.9. The molecule has 86 valence electrons. The number of hydrogen-bond donors (Lipinski definition) is 2. The van der Waals surface area contributed by atoms with Crippen LogP contribution < -0.4 is 15.8 Å². The molecule has 0 aliphatic carbocycles. The molecule has 0 saturated heterocycles. The van der Waals surface area contributed by atoms with Crippen molar-refractivity contribution in [3.63, 3.8) is 0 Å². The summed E-state index contributed by atoms with van der Waals surface area (Å²) in [7, 11) is 0. The Balaban J connectivity index is 2.37. The summed E-state index contributed by atoms with van der Waals surface area (Å²) >= 11 is 0. The van der Waals surface area contributed by atoms with Crippen molar-refractivity contribution in [1.82, 2.24) is 0 Å². The minimum atomic E-state index is -0.512. The van der Waals surface area contributed by atoms with Crippen molar-refractivity contribution in [2.45, 2.75) is 20.4 Å². The number of amides is 1. The van der Waals surface area contributed by atoms with Crippen LogP contribution in [-0.2, 0) is 11.3 Å². The number of nitrogens with one attached hydrogen (secondary N) is 1. The van der Waals surface area contributed by atoms with Crippen molar-refractivity contribution in [2.75, 3.05) is 11.9 Å². The van der Waals surface area contributed by atoms with Gasteiger partial charge in [0.05, 0.1) is 11.1 Å². The summed E-state index contributed by atoms with van der Waals surface area (Å²) in [6.07, 6.45) is 0. The largest absolute Gasteiger partial charge is 0.490 e. The number of anilines is 1. The Bertz CT molecular complexity index is 427. The van der Waals surface area contributed by atoms with Crippen LogP contribution in [0.4, 0.5) is 5.69 Å². The zero-order valence-electron chi connectivity index (χ0n) is 9.54. The molecule has 1 amide bonds. The average molecular weight is 220 g/mol. The van der Waals surface area contributed by atoms with Gasteiger partial charge < -0.3 is 15.8 Å². The summed E-state index contributed by atoms with van der Waals surface area (Å²) in [5, 5.41) is 2.87. The number of carbonyl (C=O) groups excluding carboxylic acids is 1. The van der Waals surface area contributed by atoms with Gasteiger partial charge in [-0.2, -0.15) is 0 Å². The van der Waals surface area contributed by atoms with E-state index in [2.05, 4.69) is 5.32 Å². The molecule has 0 atom stereocenters. The van der Waals surface area contributed by atoms with Gasteiger partial charge in [0.25, 0.3) is 0 Å². The maximum atomic E-state index is 11.9. The van der Waals surface area contributed by atoms with Gasteiger partial charge in [0.15, 0.2) is 0 Å². The predicted octanol–water partition coefficient (Wildman–Crippen LogP) is 1.50. The van der Waals surface area contributed by atoms with Gasteiger partial charge in [0.1, 0.15) is 12.4 Å². The van der Waals surface area contributed by atoms with Gasteiger partial charge in [-0.3, -0.25) is 4.79 Å². The van der Waals surface area contributed by atoms with E-state index in [0.717, 1.165) is 5.56 Å². The van der Waals surface area contributed by atoms with E-state index in [0.29, 0.717) is 24.6 Å². The van der Waals surface area contributed by atoms with Crippen molar-refractivity contribution in [3.05, 3.63) is 23.8 Å². The number of ether oxygens (including phenoxy) is 1. The lowest BCUT2D eigenvalue weighted by Gasteiger charge is -2.18. The molecule has 4 nitrogen and oxygen atoms in total. The Kier molecular flexibility index (Phi) is 2.59. The Morgan fingerprint density at radius 3 is 2.94 bits per heavy atom. The lowest BCUT2D eigenvalue weighted by molar-refractivity contribution is -0.124. The van der Waals surface area contributed by atoms with Crippen LogP contribution >= 0.6 is 0 Å². The molecule has 0 radical (unpaired) electrons. The standard InChI is InChI=1S/C12H16N2O2/c1-12(2)7-16-10-4-3-8(6-13)5-9(10)14-11(12)15/h3-5H,6-7,13H2,1-2H3,(H,14,15). The molecule has 0 spiro atoms. The Labute approximate surface area is 94.8 Å². The maximum absolute atomic E-state index is 11.9. The third-order valence-electron chi connectivity index (χ3n) is 2.73. The predicted molar refractivity (Wildman–Crippen MR) is 62.2 cm³/mol. The molecule has 0 saturated carbocycles. The summed E-state index contributed by atoms with van der Waals surface area (Å²) < 4.78 is 5.61. The second kappa shape index (κ2) is 3.79. The molecule has 4 heteroatoms. The van der Waals surface area contributed by atoms with E-state index in [1.807, 2.05) is 32.0 Å². The highest BCUT2D eigenvalue weighted by Gasteiger charge is 2.32. The van der Waals surface area contributed by atoms with E-state index in [4.69, 9.17) is 10.5 Å². The van der Waals surface area contributed by atoms with Gasteiger partial charge in [-0.1, -0.05) is 6.07 Å². The molecule has 1 aromatic rings. The molecule has 1 aliphatic heterocycles. The van der Waals surface area contributed by atoms with Crippen molar-refractivity contribution < 1.29 is 9.53 Å². The lowest BCUT2D eigenvalue weighted by Crippen LogP contribution is -2.33. The van der Waals surface area contributed by atoms with Crippen LogP contribution in [0.15, 0.2) is 18.2 Å². The van der Waals surface area contributed by atoms with Gasteiger partial charge in [-0.25, -0.2) is 0 Å². The van der Waals surface area contributed by atoms with Gasteiger partial charge in [-0.15, -0.1) is 0 Å². The summed E-state index contributed by atoms with van der Waals surface area (Å²) in [6, 6.07) is 5.61. The van der Waals surface area contributed by atoms with Gasteiger partial charge in [-0.05, 0) is 31.5 Å². The SMILES string of the molecule is CC1(C)COc2ccc(CN)cc2NC1=O. The van der Waals surface area contributed by atoms with Crippen molar-refractivity contribution in [1.29, 1.82) is 0 Å². The Morgan fingerprint density at radius 2 is 2.25 bits per heavy atom. The third kappa shape index (κ3) is 1.88. The molecule has 2 rings (SSSR count). The highest BCUT2D eigenvalue weighted by atomic mass is 16.5. The van der Waals surface area contributed by atoms with Crippen molar-refractivity contribution >= 4 is 11.6 Å². The smallest absolute Gasteiger partial charge is 0.233 e. The molecule has 1 aromatic carbocycles. The molecular formula is C12H16N2O2. The molecule has 1 heterocycles. The molecule has 0 unspecified atom stereocenters. The van der Waals surface area contributed by atoms with Crippen LogP contribution in [0.5, 0.6) is 5.75 Å². The van der Waals surface area contributed by atoms with E-state index in [1.165, 1.54) is 0 Å². The van der Waals surface area contributed by atoms with Crippen LogP contribution in [0.2, 0.25) is 0 Å². The van der Waals surface area contributed by atoms with Crippen molar-refractivity contribution in [3.8, 4) is 5.75 Å². The van der Waals surface area contributed by atoms with E-state index >= 15 is 0 Å². The fraction of sp³-hybridized carbons (Fsp3) is 0.417. The monoisotopic (exact) mass is 220 g/mol. The number of nitrogens with two attached hydrogens (primary N) is 1. The van der Waals surface area contributed by atoms with E-state index < -0.39 is 5.41 Å². The molecular weight excluding hydrogens is 204 g/mol. The second-order valence-electron chi connectivity index (χ2n) is 4.66. The Hall–Kier alpha value is -1.55. The Morgan fingerprint density at radius 1 is 1.50 bits per heavy atom. The molecule has 0 fully saturated rings. The molecule has 1 aliphatic rings. The molecule has 0 bridgehead atoms. The fourth-order valence-electron chi connectivity index (χ4n) is 1.54. The number of benzene rings is 1.